The summed E-state index contributed by atoms with van der Waals surface area (Å²) in [5, 5.41) is 15.0. The van der Waals surface area contributed by atoms with Crippen molar-refractivity contribution in [3.8, 4) is 11.3 Å². The van der Waals surface area contributed by atoms with Crippen LogP contribution in [0.4, 0.5) is 10.1 Å². The third-order valence-electron chi connectivity index (χ3n) is 3.96. The Hall–Kier alpha value is -3.44. The lowest BCUT2D eigenvalue weighted by Gasteiger charge is -2.09. The Kier molecular flexibility index (Phi) is 5.80. The smallest absolute Gasteiger partial charge is 0.268 e. The fourth-order valence-corrected chi connectivity index (χ4v) is 3.58. The number of nitrogens with one attached hydrogen (secondary N) is 1. The molecular weight excluding hydrogens is 403 g/mol. The number of sulfonamides is 1. The molecule has 0 unspecified atom stereocenters. The van der Waals surface area contributed by atoms with Gasteiger partial charge in [0.15, 0.2) is 0 Å². The van der Waals surface area contributed by atoms with E-state index in [1.807, 2.05) is 0 Å². The Labute approximate surface area is 164 Å². The van der Waals surface area contributed by atoms with E-state index in [9.17, 15) is 27.7 Å². The standard InChI is InChI=1S/C18H15FN4O5S/c19-14-6-4-13(5-7-14)17-8-9-18(24)22(21-17)11-10-20-29(27,28)16-3-1-2-15(12-16)23(25)26/h1-9,12,20H,10-11H2. The molecule has 11 heteroatoms. The molecule has 0 radical (unpaired) electrons. The van der Waals surface area contributed by atoms with Gasteiger partial charge in [0.25, 0.3) is 11.2 Å². The first-order valence-electron chi connectivity index (χ1n) is 8.34. The Morgan fingerprint density at radius 3 is 2.52 bits per heavy atom. The lowest BCUT2D eigenvalue weighted by Crippen LogP contribution is -2.32. The summed E-state index contributed by atoms with van der Waals surface area (Å²) in [5.74, 6) is -0.405. The number of benzene rings is 2. The molecule has 1 aromatic heterocycles. The van der Waals surface area contributed by atoms with Gasteiger partial charge in [0.2, 0.25) is 10.0 Å². The Morgan fingerprint density at radius 1 is 1.10 bits per heavy atom. The number of nitrogens with zero attached hydrogens (tertiary/aromatic N) is 3. The van der Waals surface area contributed by atoms with Crippen LogP contribution in [0.2, 0.25) is 0 Å². The third-order valence-corrected chi connectivity index (χ3v) is 5.42. The van der Waals surface area contributed by atoms with Crippen LogP contribution in [-0.4, -0.2) is 29.7 Å². The molecule has 3 rings (SSSR count). The van der Waals surface area contributed by atoms with Crippen LogP contribution in [0, 0.1) is 15.9 Å². The summed E-state index contributed by atoms with van der Waals surface area (Å²) >= 11 is 0. The summed E-state index contributed by atoms with van der Waals surface area (Å²) in [6.07, 6.45) is 0. The third kappa shape index (κ3) is 4.89. The Bertz CT molecular complexity index is 1210. The number of rotatable bonds is 7. The SMILES string of the molecule is O=c1ccc(-c2ccc(F)cc2)nn1CCNS(=O)(=O)c1cccc([N+](=O)[O-])c1. The fraction of sp³-hybridized carbons (Fsp3) is 0.111. The molecule has 1 N–H and O–H groups in total. The van der Waals surface area contributed by atoms with Crippen LogP contribution in [0.1, 0.15) is 0 Å². The van der Waals surface area contributed by atoms with Crippen LogP contribution in [0.3, 0.4) is 0 Å². The molecule has 150 valence electrons. The molecule has 0 saturated carbocycles. The maximum absolute atomic E-state index is 13.1. The van der Waals surface area contributed by atoms with Crippen LogP contribution < -0.4 is 10.3 Å². The zero-order valence-corrected chi connectivity index (χ0v) is 15.7. The number of hydrogen-bond acceptors (Lipinski definition) is 6. The molecular formula is C18H15FN4O5S. The number of aromatic nitrogens is 2. The minimum absolute atomic E-state index is 0.0674. The molecule has 0 atom stereocenters. The van der Waals surface area contributed by atoms with Crippen molar-refractivity contribution >= 4 is 15.7 Å². The van der Waals surface area contributed by atoms with Crippen LogP contribution in [0.15, 0.2) is 70.4 Å². The topological polar surface area (TPSA) is 124 Å². The zero-order chi connectivity index (χ0) is 21.0. The number of nitro benzene ring substituents is 1. The second-order valence-electron chi connectivity index (χ2n) is 5.94. The van der Waals surface area contributed by atoms with E-state index in [-0.39, 0.29) is 23.7 Å². The van der Waals surface area contributed by atoms with Crippen LogP contribution in [0.5, 0.6) is 0 Å². The van der Waals surface area contributed by atoms with Gasteiger partial charge in [-0.3, -0.25) is 14.9 Å². The molecule has 0 spiro atoms. The monoisotopic (exact) mass is 418 g/mol. The summed E-state index contributed by atoms with van der Waals surface area (Å²) in [5.41, 5.74) is 0.228. The summed E-state index contributed by atoms with van der Waals surface area (Å²) in [4.78, 5) is 21.8. The maximum atomic E-state index is 13.1. The predicted molar refractivity (Wildman–Crippen MR) is 102 cm³/mol. The van der Waals surface area contributed by atoms with Gasteiger partial charge in [0.05, 0.1) is 22.1 Å². The molecule has 1 heterocycles. The molecule has 0 bridgehead atoms. The first-order chi connectivity index (χ1) is 13.8. The highest BCUT2D eigenvalue weighted by Crippen LogP contribution is 2.17. The molecule has 0 saturated heterocycles. The van der Waals surface area contributed by atoms with E-state index in [2.05, 4.69) is 9.82 Å². The zero-order valence-electron chi connectivity index (χ0n) is 14.9. The van der Waals surface area contributed by atoms with Gasteiger partial charge in [-0.15, -0.1) is 0 Å². The van der Waals surface area contributed by atoms with Crippen molar-refractivity contribution in [2.75, 3.05) is 6.54 Å². The highest BCUT2D eigenvalue weighted by Gasteiger charge is 2.17. The van der Waals surface area contributed by atoms with E-state index in [4.69, 9.17) is 0 Å². The summed E-state index contributed by atoms with van der Waals surface area (Å²) in [6.45, 7) is -0.229. The van der Waals surface area contributed by atoms with Gasteiger partial charge in [-0.25, -0.2) is 22.2 Å². The minimum atomic E-state index is -4.01. The summed E-state index contributed by atoms with van der Waals surface area (Å²) < 4.78 is 41.1. The van der Waals surface area contributed by atoms with E-state index < -0.39 is 26.3 Å². The van der Waals surface area contributed by atoms with Crippen molar-refractivity contribution < 1.29 is 17.7 Å². The number of halogens is 1. The van der Waals surface area contributed by atoms with Gasteiger partial charge in [-0.2, -0.15) is 5.10 Å². The van der Waals surface area contributed by atoms with Crippen molar-refractivity contribution in [3.05, 3.63) is 86.9 Å². The Morgan fingerprint density at radius 2 is 1.83 bits per heavy atom. The first-order valence-corrected chi connectivity index (χ1v) is 9.83. The van der Waals surface area contributed by atoms with E-state index in [0.717, 1.165) is 10.7 Å². The molecule has 29 heavy (non-hydrogen) atoms. The van der Waals surface area contributed by atoms with Crippen molar-refractivity contribution in [3.63, 3.8) is 0 Å². The van der Waals surface area contributed by atoms with Crippen molar-refractivity contribution in [1.82, 2.24) is 14.5 Å². The van der Waals surface area contributed by atoms with Crippen molar-refractivity contribution in [2.45, 2.75) is 11.4 Å². The first kappa shape index (κ1) is 20.3. The molecule has 0 amide bonds. The van der Waals surface area contributed by atoms with Gasteiger partial charge < -0.3 is 0 Å². The van der Waals surface area contributed by atoms with E-state index in [1.165, 1.54) is 54.6 Å². The molecule has 9 nitrogen and oxygen atoms in total. The van der Waals surface area contributed by atoms with Crippen LogP contribution >= 0.6 is 0 Å². The average molecular weight is 418 g/mol. The second-order valence-corrected chi connectivity index (χ2v) is 7.71. The average Bonchev–Trinajstić information content (AvgIpc) is 2.70. The number of nitro groups is 1. The van der Waals surface area contributed by atoms with E-state index >= 15 is 0 Å². The predicted octanol–water partition coefficient (Wildman–Crippen LogP) is 1.94. The molecule has 3 aromatic rings. The van der Waals surface area contributed by atoms with Crippen LogP contribution in [0.25, 0.3) is 11.3 Å². The van der Waals surface area contributed by atoms with Gasteiger partial charge in [-0.05, 0) is 36.4 Å². The molecule has 0 fully saturated rings. The van der Waals surface area contributed by atoms with Gasteiger partial charge in [0, 0.05) is 30.3 Å². The summed E-state index contributed by atoms with van der Waals surface area (Å²) in [6, 6.07) is 12.9. The normalized spacial score (nSPS) is 11.3. The lowest BCUT2D eigenvalue weighted by molar-refractivity contribution is -0.385. The molecule has 0 aliphatic rings. The quantitative estimate of drug-likeness (QED) is 0.462. The number of non-ortho nitro benzene ring substituents is 1. The van der Waals surface area contributed by atoms with Gasteiger partial charge in [-0.1, -0.05) is 6.07 Å². The van der Waals surface area contributed by atoms with Gasteiger partial charge in [0.1, 0.15) is 5.82 Å². The highest BCUT2D eigenvalue weighted by atomic mass is 32.2. The van der Waals surface area contributed by atoms with Gasteiger partial charge >= 0.3 is 0 Å². The van der Waals surface area contributed by atoms with Crippen molar-refractivity contribution in [2.24, 2.45) is 0 Å². The fourth-order valence-electron chi connectivity index (χ4n) is 2.52. The lowest BCUT2D eigenvalue weighted by atomic mass is 10.1. The minimum Gasteiger partial charge on any atom is -0.268 e. The molecule has 0 aliphatic heterocycles. The van der Waals surface area contributed by atoms with Crippen LogP contribution in [-0.2, 0) is 16.6 Å². The second kappa shape index (κ2) is 8.29. The maximum Gasteiger partial charge on any atom is 0.270 e. The highest BCUT2D eigenvalue weighted by molar-refractivity contribution is 7.89. The largest absolute Gasteiger partial charge is 0.270 e. The number of hydrogen-bond donors (Lipinski definition) is 1. The summed E-state index contributed by atoms with van der Waals surface area (Å²) in [7, 11) is -4.01. The van der Waals surface area contributed by atoms with Crippen molar-refractivity contribution in [1.29, 1.82) is 0 Å². The molecule has 0 aliphatic carbocycles. The molecule has 2 aromatic carbocycles. The van der Waals surface area contributed by atoms with E-state index in [1.54, 1.807) is 0 Å². The Balaban J connectivity index is 1.74. The van der Waals surface area contributed by atoms with E-state index in [0.29, 0.717) is 11.3 Å².